The number of nitrogens with one attached hydrogen (secondary N) is 1. The zero-order valence-corrected chi connectivity index (χ0v) is 11.0. The summed E-state index contributed by atoms with van der Waals surface area (Å²) in [5.74, 6) is 0. The minimum absolute atomic E-state index is 0.734. The monoisotopic (exact) mass is 271 g/mol. The summed E-state index contributed by atoms with van der Waals surface area (Å²) in [5.41, 5.74) is 2.36. The topological polar surface area (TPSA) is 29.9 Å². The molecule has 1 aliphatic carbocycles. The number of hydrogen-bond acceptors (Lipinski definition) is 2. The lowest BCUT2D eigenvalue weighted by molar-refractivity contribution is 0.334. The Morgan fingerprint density at radius 2 is 2.27 bits per heavy atom. The van der Waals surface area contributed by atoms with E-state index in [4.69, 9.17) is 0 Å². The average Bonchev–Trinajstić information content (AvgIpc) is 2.42. The molecule has 4 heteroatoms. The largest absolute Gasteiger partial charge is 0.308 e. The van der Waals surface area contributed by atoms with Crippen LogP contribution in [0.5, 0.6) is 0 Å². The normalized spacial score (nSPS) is 16.7. The summed E-state index contributed by atoms with van der Waals surface area (Å²) in [4.78, 5) is 0. The third-order valence-electron chi connectivity index (χ3n) is 3.12. The number of aromatic nitrogens is 2. The lowest BCUT2D eigenvalue weighted by Crippen LogP contribution is -2.35. The molecule has 3 nitrogen and oxygen atoms in total. The van der Waals surface area contributed by atoms with Crippen LogP contribution in [-0.4, -0.2) is 15.8 Å². The molecule has 0 bridgehead atoms. The number of nitrogens with zero attached hydrogens (tertiary/aromatic N) is 2. The van der Waals surface area contributed by atoms with E-state index in [1.807, 2.05) is 6.92 Å². The van der Waals surface area contributed by atoms with Crippen molar-refractivity contribution >= 4 is 15.9 Å². The first-order chi connectivity index (χ1) is 7.22. The Labute approximate surface area is 99.4 Å². The van der Waals surface area contributed by atoms with Crippen LogP contribution < -0.4 is 5.32 Å². The molecule has 0 aliphatic heterocycles. The molecule has 15 heavy (non-hydrogen) atoms. The number of aryl methyl sites for hydroxylation is 2. The molecule has 0 radical (unpaired) electrons. The minimum atomic E-state index is 0.734. The third kappa shape index (κ3) is 2.26. The number of hydrogen-bond donors (Lipinski definition) is 1. The summed E-state index contributed by atoms with van der Waals surface area (Å²) < 4.78 is 3.24. The van der Waals surface area contributed by atoms with Gasteiger partial charge in [-0.3, -0.25) is 4.68 Å². The zero-order valence-electron chi connectivity index (χ0n) is 9.39. The molecule has 1 saturated carbocycles. The van der Waals surface area contributed by atoms with Gasteiger partial charge in [-0.25, -0.2) is 0 Å². The summed E-state index contributed by atoms with van der Waals surface area (Å²) in [6, 6.07) is 0.734. The van der Waals surface area contributed by atoms with E-state index < -0.39 is 0 Å². The predicted molar refractivity (Wildman–Crippen MR) is 64.8 cm³/mol. The van der Waals surface area contributed by atoms with E-state index in [9.17, 15) is 0 Å². The molecule has 0 unspecified atom stereocenters. The summed E-state index contributed by atoms with van der Waals surface area (Å²) in [5, 5.41) is 8.05. The fourth-order valence-corrected chi connectivity index (χ4v) is 2.32. The van der Waals surface area contributed by atoms with Crippen molar-refractivity contribution in [2.45, 2.75) is 52.2 Å². The van der Waals surface area contributed by atoms with Crippen LogP contribution in [0, 0.1) is 6.92 Å². The molecule has 1 N–H and O–H groups in total. The van der Waals surface area contributed by atoms with Crippen LogP contribution in [-0.2, 0) is 13.1 Å². The summed E-state index contributed by atoms with van der Waals surface area (Å²) in [6.45, 7) is 6.04. The molecule has 84 valence electrons. The second-order valence-electron chi connectivity index (χ2n) is 4.17. The van der Waals surface area contributed by atoms with Crippen LogP contribution in [0.1, 0.15) is 37.6 Å². The molecular weight excluding hydrogens is 254 g/mol. The van der Waals surface area contributed by atoms with Crippen LogP contribution >= 0.6 is 15.9 Å². The van der Waals surface area contributed by atoms with Gasteiger partial charge in [-0.1, -0.05) is 6.42 Å². The Morgan fingerprint density at radius 1 is 1.53 bits per heavy atom. The van der Waals surface area contributed by atoms with Crippen molar-refractivity contribution < 1.29 is 0 Å². The molecule has 0 aromatic carbocycles. The maximum atomic E-state index is 4.48. The molecule has 0 spiro atoms. The molecule has 0 amide bonds. The lowest BCUT2D eigenvalue weighted by atomic mass is 9.93. The van der Waals surface area contributed by atoms with Gasteiger partial charge in [0.05, 0.1) is 15.9 Å². The standard InChI is InChI=1S/C11H18BrN3/c1-3-15-10(11(12)8(2)14-15)7-13-9-5-4-6-9/h9,13H,3-7H2,1-2H3. The molecule has 0 saturated heterocycles. The quantitative estimate of drug-likeness (QED) is 0.913. The highest BCUT2D eigenvalue weighted by Gasteiger charge is 2.18. The van der Waals surface area contributed by atoms with Gasteiger partial charge in [0, 0.05) is 19.1 Å². The van der Waals surface area contributed by atoms with E-state index in [0.29, 0.717) is 0 Å². The van der Waals surface area contributed by atoms with Crippen LogP contribution in [0.3, 0.4) is 0 Å². The van der Waals surface area contributed by atoms with Gasteiger partial charge in [-0.2, -0.15) is 5.10 Å². The summed E-state index contributed by atoms with van der Waals surface area (Å²) >= 11 is 3.61. The van der Waals surface area contributed by atoms with Gasteiger partial charge in [0.15, 0.2) is 0 Å². The van der Waals surface area contributed by atoms with Crippen LogP contribution in [0.2, 0.25) is 0 Å². The maximum absolute atomic E-state index is 4.48. The fourth-order valence-electron chi connectivity index (χ4n) is 1.89. The number of rotatable bonds is 4. The number of halogens is 1. The first-order valence-corrected chi connectivity index (χ1v) is 6.46. The Hall–Kier alpha value is -0.350. The van der Waals surface area contributed by atoms with E-state index in [1.165, 1.54) is 25.0 Å². The summed E-state index contributed by atoms with van der Waals surface area (Å²) in [7, 11) is 0. The van der Waals surface area contributed by atoms with Crippen LogP contribution in [0.25, 0.3) is 0 Å². The van der Waals surface area contributed by atoms with Gasteiger partial charge < -0.3 is 5.32 Å². The van der Waals surface area contributed by atoms with Crippen LogP contribution in [0.15, 0.2) is 4.47 Å². The molecule has 1 fully saturated rings. The van der Waals surface area contributed by atoms with Crippen molar-refractivity contribution in [2.75, 3.05) is 0 Å². The van der Waals surface area contributed by atoms with Crippen molar-refractivity contribution in [3.05, 3.63) is 15.9 Å². The SMILES string of the molecule is CCn1nc(C)c(Br)c1CNC1CCC1. The van der Waals surface area contributed by atoms with Gasteiger partial charge in [-0.05, 0) is 42.6 Å². The van der Waals surface area contributed by atoms with Crippen molar-refractivity contribution in [3.8, 4) is 0 Å². The Bertz CT molecular complexity index is 342. The van der Waals surface area contributed by atoms with E-state index >= 15 is 0 Å². The van der Waals surface area contributed by atoms with Crippen molar-refractivity contribution in [1.82, 2.24) is 15.1 Å². The minimum Gasteiger partial charge on any atom is -0.308 e. The second-order valence-corrected chi connectivity index (χ2v) is 4.96. The highest BCUT2D eigenvalue weighted by Crippen LogP contribution is 2.23. The van der Waals surface area contributed by atoms with Crippen molar-refractivity contribution in [2.24, 2.45) is 0 Å². The second kappa shape index (κ2) is 4.66. The smallest absolute Gasteiger partial charge is 0.0739 e. The predicted octanol–water partition coefficient (Wildman–Crippen LogP) is 2.62. The highest BCUT2D eigenvalue weighted by molar-refractivity contribution is 9.10. The molecular formula is C11H18BrN3. The van der Waals surface area contributed by atoms with Gasteiger partial charge >= 0.3 is 0 Å². The average molecular weight is 272 g/mol. The first kappa shape index (κ1) is 11.1. The van der Waals surface area contributed by atoms with Crippen molar-refractivity contribution in [3.63, 3.8) is 0 Å². The molecule has 1 aromatic rings. The lowest BCUT2D eigenvalue weighted by Gasteiger charge is -2.26. The molecule has 1 aliphatic rings. The van der Waals surface area contributed by atoms with E-state index in [-0.39, 0.29) is 0 Å². The summed E-state index contributed by atoms with van der Waals surface area (Å²) in [6.07, 6.45) is 4.04. The van der Waals surface area contributed by atoms with E-state index in [2.05, 4.69) is 38.0 Å². The first-order valence-electron chi connectivity index (χ1n) is 5.67. The van der Waals surface area contributed by atoms with Gasteiger partial charge in [0.2, 0.25) is 0 Å². The van der Waals surface area contributed by atoms with Gasteiger partial charge in [0.1, 0.15) is 0 Å². The third-order valence-corrected chi connectivity index (χ3v) is 4.15. The molecule has 1 aromatic heterocycles. The molecule has 1 heterocycles. The highest BCUT2D eigenvalue weighted by atomic mass is 79.9. The van der Waals surface area contributed by atoms with Gasteiger partial charge in [-0.15, -0.1) is 0 Å². The van der Waals surface area contributed by atoms with Gasteiger partial charge in [0.25, 0.3) is 0 Å². The Balaban J connectivity index is 2.04. The Kier molecular flexibility index (Phi) is 3.46. The molecule has 2 rings (SSSR count). The Morgan fingerprint density at radius 3 is 2.80 bits per heavy atom. The van der Waals surface area contributed by atoms with Crippen LogP contribution in [0.4, 0.5) is 0 Å². The van der Waals surface area contributed by atoms with E-state index in [0.717, 1.165) is 29.3 Å². The maximum Gasteiger partial charge on any atom is 0.0739 e. The van der Waals surface area contributed by atoms with Crippen molar-refractivity contribution in [1.29, 1.82) is 0 Å². The van der Waals surface area contributed by atoms with E-state index in [1.54, 1.807) is 0 Å². The fraction of sp³-hybridized carbons (Fsp3) is 0.727. The zero-order chi connectivity index (χ0) is 10.8. The molecule has 0 atom stereocenters.